The molecule has 0 atom stereocenters. The van der Waals surface area contributed by atoms with Gasteiger partial charge in [-0.2, -0.15) is 31.4 Å². The van der Waals surface area contributed by atoms with Gasteiger partial charge < -0.3 is 0 Å². The SMILES string of the molecule is FC(F)(F)c1cc(C=NNc2nc(-c3ccccc3)cs2)c(C(F)(F)F)cc1Br. The molecular weight excluding hydrogens is 484 g/mol. The van der Waals surface area contributed by atoms with E-state index in [-0.39, 0.29) is 5.13 Å². The molecule has 0 saturated carbocycles. The fourth-order valence-electron chi connectivity index (χ4n) is 2.38. The number of alkyl halides is 6. The molecule has 0 fully saturated rings. The van der Waals surface area contributed by atoms with Crippen LogP contribution in [0.5, 0.6) is 0 Å². The van der Waals surface area contributed by atoms with E-state index in [9.17, 15) is 26.3 Å². The van der Waals surface area contributed by atoms with Gasteiger partial charge in [-0.3, -0.25) is 5.43 Å². The summed E-state index contributed by atoms with van der Waals surface area (Å²) in [6, 6.07) is 9.94. The molecule has 3 rings (SSSR count). The van der Waals surface area contributed by atoms with Crippen LogP contribution >= 0.6 is 27.3 Å². The predicted molar refractivity (Wildman–Crippen MR) is 103 cm³/mol. The van der Waals surface area contributed by atoms with Crippen LogP contribution in [0.4, 0.5) is 31.5 Å². The van der Waals surface area contributed by atoms with Crippen LogP contribution in [0.25, 0.3) is 11.3 Å². The second-order valence-electron chi connectivity index (χ2n) is 5.69. The fraction of sp³-hybridized carbons (Fsp3) is 0.111. The zero-order chi connectivity index (χ0) is 21.2. The van der Waals surface area contributed by atoms with Crippen LogP contribution in [0.3, 0.4) is 0 Å². The molecule has 3 nitrogen and oxygen atoms in total. The number of benzene rings is 2. The molecule has 0 bridgehead atoms. The van der Waals surface area contributed by atoms with Crippen molar-refractivity contribution in [1.82, 2.24) is 4.98 Å². The van der Waals surface area contributed by atoms with Crippen LogP contribution in [0.2, 0.25) is 0 Å². The molecule has 11 heteroatoms. The van der Waals surface area contributed by atoms with Gasteiger partial charge in [0.1, 0.15) is 0 Å². The quantitative estimate of drug-likeness (QED) is 0.240. The van der Waals surface area contributed by atoms with Crippen LogP contribution in [0.1, 0.15) is 16.7 Å². The molecular formula is C18H10BrF6N3S. The van der Waals surface area contributed by atoms with E-state index in [0.717, 1.165) is 16.9 Å². The number of thiazole rings is 1. The van der Waals surface area contributed by atoms with Crippen LogP contribution in [0.15, 0.2) is 57.4 Å². The van der Waals surface area contributed by atoms with Gasteiger partial charge in [-0.1, -0.05) is 46.3 Å². The van der Waals surface area contributed by atoms with Gasteiger partial charge in [0, 0.05) is 21.0 Å². The molecule has 0 unspecified atom stereocenters. The maximum absolute atomic E-state index is 13.2. The summed E-state index contributed by atoms with van der Waals surface area (Å²) in [7, 11) is 0. The lowest BCUT2D eigenvalue weighted by Gasteiger charge is -2.15. The molecule has 0 spiro atoms. The van der Waals surface area contributed by atoms with E-state index in [2.05, 4.69) is 31.4 Å². The van der Waals surface area contributed by atoms with Crippen LogP contribution in [-0.2, 0) is 12.4 Å². The van der Waals surface area contributed by atoms with Gasteiger partial charge in [0.05, 0.1) is 23.0 Å². The lowest BCUT2D eigenvalue weighted by atomic mass is 10.0. The summed E-state index contributed by atoms with van der Waals surface area (Å²) in [5.41, 5.74) is 0.725. The minimum Gasteiger partial charge on any atom is -0.253 e. The Bertz CT molecular complexity index is 1030. The van der Waals surface area contributed by atoms with Crippen molar-refractivity contribution in [2.24, 2.45) is 5.10 Å². The van der Waals surface area contributed by atoms with Crippen molar-refractivity contribution in [2.45, 2.75) is 12.4 Å². The van der Waals surface area contributed by atoms with Gasteiger partial charge in [-0.05, 0) is 12.1 Å². The number of hydrogen-bond acceptors (Lipinski definition) is 4. The van der Waals surface area contributed by atoms with E-state index in [0.29, 0.717) is 24.0 Å². The Kier molecular flexibility index (Phi) is 5.99. The number of aromatic nitrogens is 1. The van der Waals surface area contributed by atoms with Gasteiger partial charge in [-0.25, -0.2) is 4.98 Å². The van der Waals surface area contributed by atoms with Crippen LogP contribution in [-0.4, -0.2) is 11.2 Å². The predicted octanol–water partition coefficient (Wildman–Crippen LogP) is 7.06. The Labute approximate surface area is 173 Å². The van der Waals surface area contributed by atoms with E-state index >= 15 is 0 Å². The third-order valence-corrected chi connectivity index (χ3v) is 5.09. The van der Waals surface area contributed by atoms with E-state index in [4.69, 9.17) is 0 Å². The molecule has 0 amide bonds. The molecule has 152 valence electrons. The first-order chi connectivity index (χ1) is 13.6. The maximum Gasteiger partial charge on any atom is 0.417 e. The van der Waals surface area contributed by atoms with Crippen molar-refractivity contribution in [3.63, 3.8) is 0 Å². The molecule has 1 N–H and O–H groups in total. The van der Waals surface area contributed by atoms with Crippen molar-refractivity contribution in [3.05, 3.63) is 69.0 Å². The molecule has 0 saturated heterocycles. The van der Waals surface area contributed by atoms with Crippen molar-refractivity contribution < 1.29 is 26.3 Å². The molecule has 29 heavy (non-hydrogen) atoms. The molecule has 3 aromatic rings. The van der Waals surface area contributed by atoms with Crippen molar-refractivity contribution in [1.29, 1.82) is 0 Å². The standard InChI is InChI=1S/C18H10BrF6N3S/c19-14-7-12(17(20,21)22)11(6-13(14)18(23,24)25)8-26-28-16-27-15(9-29-16)10-4-2-1-3-5-10/h1-9H,(H,27,28). The second-order valence-corrected chi connectivity index (χ2v) is 7.40. The van der Waals surface area contributed by atoms with Crippen molar-refractivity contribution in [3.8, 4) is 11.3 Å². The van der Waals surface area contributed by atoms with Crippen LogP contribution in [0, 0.1) is 0 Å². The number of hydrogen-bond donors (Lipinski definition) is 1. The molecule has 0 radical (unpaired) electrons. The number of rotatable bonds is 4. The maximum atomic E-state index is 13.2. The fourth-order valence-corrected chi connectivity index (χ4v) is 3.62. The minimum absolute atomic E-state index is 0.279. The van der Waals surface area contributed by atoms with Gasteiger partial charge in [0.15, 0.2) is 0 Å². The Balaban J connectivity index is 1.87. The Morgan fingerprint density at radius 3 is 2.24 bits per heavy atom. The molecule has 1 heterocycles. The molecule has 0 aliphatic carbocycles. The van der Waals surface area contributed by atoms with Gasteiger partial charge in [0.25, 0.3) is 0 Å². The van der Waals surface area contributed by atoms with Crippen molar-refractivity contribution in [2.75, 3.05) is 5.43 Å². The summed E-state index contributed by atoms with van der Waals surface area (Å²) in [6.07, 6.45) is -8.98. The third-order valence-electron chi connectivity index (χ3n) is 3.69. The highest BCUT2D eigenvalue weighted by Crippen LogP contribution is 2.40. The van der Waals surface area contributed by atoms with E-state index in [1.165, 1.54) is 0 Å². The third kappa shape index (κ3) is 5.15. The first-order valence-electron chi connectivity index (χ1n) is 7.83. The second kappa shape index (κ2) is 8.15. The van der Waals surface area contributed by atoms with Crippen LogP contribution < -0.4 is 5.43 Å². The summed E-state index contributed by atoms with van der Waals surface area (Å²) in [4.78, 5) is 4.24. The lowest BCUT2D eigenvalue weighted by molar-refractivity contribution is -0.141. The summed E-state index contributed by atoms with van der Waals surface area (Å²) in [5, 5.41) is 5.63. The molecule has 0 aliphatic rings. The Morgan fingerprint density at radius 2 is 1.62 bits per heavy atom. The smallest absolute Gasteiger partial charge is 0.253 e. The average Bonchev–Trinajstić information content (AvgIpc) is 3.10. The van der Waals surface area contributed by atoms with Gasteiger partial charge in [0.2, 0.25) is 5.13 Å². The summed E-state index contributed by atoms with van der Waals surface area (Å²) >= 11 is 3.70. The highest BCUT2D eigenvalue weighted by molar-refractivity contribution is 9.10. The van der Waals surface area contributed by atoms with Gasteiger partial charge in [-0.15, -0.1) is 11.3 Å². The Hall–Kier alpha value is -2.40. The van der Waals surface area contributed by atoms with Gasteiger partial charge >= 0.3 is 12.4 Å². The molecule has 0 aliphatic heterocycles. The molecule has 1 aromatic heterocycles. The van der Waals surface area contributed by atoms with E-state index in [1.807, 2.05) is 30.3 Å². The summed E-state index contributed by atoms with van der Waals surface area (Å²) < 4.78 is 78.0. The average molecular weight is 494 g/mol. The topological polar surface area (TPSA) is 37.3 Å². The highest BCUT2D eigenvalue weighted by atomic mass is 79.9. The molecule has 2 aromatic carbocycles. The first-order valence-corrected chi connectivity index (χ1v) is 9.51. The largest absolute Gasteiger partial charge is 0.417 e. The summed E-state index contributed by atoms with van der Waals surface area (Å²) in [6.45, 7) is 0. The number of hydrazone groups is 1. The monoisotopic (exact) mass is 493 g/mol. The normalized spacial score (nSPS) is 12.5. The minimum atomic E-state index is -4.85. The Morgan fingerprint density at radius 1 is 0.966 bits per heavy atom. The van der Waals surface area contributed by atoms with E-state index in [1.54, 1.807) is 5.38 Å². The zero-order valence-corrected chi connectivity index (χ0v) is 16.5. The highest BCUT2D eigenvalue weighted by Gasteiger charge is 2.38. The number of nitrogens with zero attached hydrogens (tertiary/aromatic N) is 2. The number of anilines is 1. The summed E-state index contributed by atoms with van der Waals surface area (Å²) in [5.74, 6) is 0. The van der Waals surface area contributed by atoms with Crippen molar-refractivity contribution >= 4 is 38.6 Å². The first kappa shape index (κ1) is 21.3. The van der Waals surface area contributed by atoms with E-state index < -0.39 is 33.5 Å². The number of halogens is 7. The lowest BCUT2D eigenvalue weighted by Crippen LogP contribution is -2.14. The zero-order valence-electron chi connectivity index (χ0n) is 14.1. The number of nitrogens with one attached hydrogen (secondary N) is 1.